The van der Waals surface area contributed by atoms with Crippen molar-refractivity contribution in [3.05, 3.63) is 52.9 Å². The molecule has 0 aliphatic carbocycles. The Labute approximate surface area is 202 Å². The summed E-state index contributed by atoms with van der Waals surface area (Å²) < 4.78 is 26.4. The highest BCUT2D eigenvalue weighted by Gasteiger charge is 2.21. The zero-order valence-corrected chi connectivity index (χ0v) is 20.5. The molecule has 0 fully saturated rings. The van der Waals surface area contributed by atoms with E-state index >= 15 is 0 Å². The second-order valence-corrected chi connectivity index (χ2v) is 8.11. The summed E-state index contributed by atoms with van der Waals surface area (Å²) in [6.45, 7) is 1.96. The molecule has 0 radical (unpaired) electrons. The maximum absolute atomic E-state index is 12.8. The first-order chi connectivity index (χ1) is 16.4. The standard InChI is InChI=1S/C25H27NO7S/c1-6-33-25(28)24-17(14-22(34-24)16-8-10-19(30-3)21(13-16)32-5)26-23(27)12-15-7-9-18(29-2)20(11-15)31-4/h7-11,13-14H,6,12H2,1-5H3,(H,26,27). The number of ether oxygens (including phenoxy) is 5. The van der Waals surface area contributed by atoms with Gasteiger partial charge in [-0.1, -0.05) is 6.07 Å². The van der Waals surface area contributed by atoms with Gasteiger partial charge in [0.05, 0.1) is 47.2 Å². The van der Waals surface area contributed by atoms with Crippen molar-refractivity contribution in [1.29, 1.82) is 0 Å². The molecule has 0 unspecified atom stereocenters. The van der Waals surface area contributed by atoms with Gasteiger partial charge in [0.1, 0.15) is 4.88 Å². The minimum Gasteiger partial charge on any atom is -0.493 e. The fourth-order valence-corrected chi connectivity index (χ4v) is 4.34. The maximum atomic E-state index is 12.8. The largest absolute Gasteiger partial charge is 0.493 e. The van der Waals surface area contributed by atoms with Gasteiger partial charge in [0, 0.05) is 4.88 Å². The second-order valence-electron chi connectivity index (χ2n) is 7.06. The van der Waals surface area contributed by atoms with E-state index < -0.39 is 5.97 Å². The monoisotopic (exact) mass is 485 g/mol. The molecule has 0 bridgehead atoms. The molecule has 1 amide bonds. The lowest BCUT2D eigenvalue weighted by molar-refractivity contribution is -0.115. The van der Waals surface area contributed by atoms with Gasteiger partial charge in [-0.3, -0.25) is 4.79 Å². The predicted molar refractivity (Wildman–Crippen MR) is 131 cm³/mol. The van der Waals surface area contributed by atoms with Crippen molar-refractivity contribution in [2.75, 3.05) is 40.4 Å². The fourth-order valence-electron chi connectivity index (χ4n) is 3.33. The number of benzene rings is 2. The molecule has 180 valence electrons. The number of rotatable bonds is 10. The highest BCUT2D eigenvalue weighted by atomic mass is 32.1. The third-order valence-electron chi connectivity index (χ3n) is 4.95. The molecule has 0 saturated carbocycles. The normalized spacial score (nSPS) is 10.4. The molecule has 0 atom stereocenters. The van der Waals surface area contributed by atoms with Crippen molar-refractivity contribution in [2.24, 2.45) is 0 Å². The molecule has 0 aliphatic rings. The number of carbonyl (C=O) groups is 2. The Hall–Kier alpha value is -3.72. The van der Waals surface area contributed by atoms with Gasteiger partial charge in [-0.05, 0) is 54.4 Å². The van der Waals surface area contributed by atoms with E-state index in [1.165, 1.54) is 18.4 Å². The van der Waals surface area contributed by atoms with Crippen LogP contribution in [0.5, 0.6) is 23.0 Å². The number of hydrogen-bond donors (Lipinski definition) is 1. The molecular weight excluding hydrogens is 458 g/mol. The summed E-state index contributed by atoms with van der Waals surface area (Å²) in [6.07, 6.45) is 0.0875. The number of amides is 1. The molecule has 3 rings (SSSR count). The molecule has 1 aromatic heterocycles. The van der Waals surface area contributed by atoms with Crippen molar-refractivity contribution < 1.29 is 33.3 Å². The summed E-state index contributed by atoms with van der Waals surface area (Å²) in [6, 6.07) is 12.5. The van der Waals surface area contributed by atoms with E-state index in [0.29, 0.717) is 33.6 Å². The molecule has 1 N–H and O–H groups in total. The Kier molecular flexibility index (Phi) is 8.37. The smallest absolute Gasteiger partial charge is 0.350 e. The fraction of sp³-hybridized carbons (Fsp3) is 0.280. The molecule has 1 heterocycles. The Morgan fingerprint density at radius 2 is 1.44 bits per heavy atom. The van der Waals surface area contributed by atoms with Gasteiger partial charge in [-0.25, -0.2) is 4.79 Å². The second kappa shape index (κ2) is 11.4. The quantitative estimate of drug-likeness (QED) is 0.412. The minimum atomic E-state index is -0.499. The lowest BCUT2D eigenvalue weighted by atomic mass is 10.1. The molecule has 0 aliphatic heterocycles. The van der Waals surface area contributed by atoms with Crippen LogP contribution >= 0.6 is 11.3 Å². The lowest BCUT2D eigenvalue weighted by Crippen LogP contribution is -2.16. The maximum Gasteiger partial charge on any atom is 0.350 e. The first-order valence-corrected chi connectivity index (χ1v) is 11.3. The highest BCUT2D eigenvalue weighted by molar-refractivity contribution is 7.18. The first kappa shape index (κ1) is 24.9. The average molecular weight is 486 g/mol. The van der Waals surface area contributed by atoms with Gasteiger partial charge in [0.2, 0.25) is 5.91 Å². The zero-order chi connectivity index (χ0) is 24.7. The Morgan fingerprint density at radius 3 is 2.06 bits per heavy atom. The van der Waals surface area contributed by atoms with Crippen LogP contribution in [0.2, 0.25) is 0 Å². The summed E-state index contributed by atoms with van der Waals surface area (Å²) in [7, 11) is 6.20. The van der Waals surface area contributed by atoms with E-state index in [9.17, 15) is 9.59 Å². The molecule has 0 spiro atoms. The van der Waals surface area contributed by atoms with Crippen molar-refractivity contribution >= 4 is 28.9 Å². The van der Waals surface area contributed by atoms with Crippen LogP contribution in [-0.2, 0) is 16.0 Å². The van der Waals surface area contributed by atoms with Crippen LogP contribution in [0.3, 0.4) is 0 Å². The summed E-state index contributed by atoms with van der Waals surface area (Å²) in [5.74, 6) is 1.48. The summed E-state index contributed by atoms with van der Waals surface area (Å²) in [4.78, 5) is 26.5. The molecule has 34 heavy (non-hydrogen) atoms. The lowest BCUT2D eigenvalue weighted by Gasteiger charge is -2.10. The van der Waals surface area contributed by atoms with Crippen LogP contribution in [0.1, 0.15) is 22.2 Å². The van der Waals surface area contributed by atoms with Crippen LogP contribution in [0.25, 0.3) is 10.4 Å². The van der Waals surface area contributed by atoms with Gasteiger partial charge in [-0.2, -0.15) is 0 Å². The van der Waals surface area contributed by atoms with Crippen LogP contribution in [0.4, 0.5) is 5.69 Å². The third-order valence-corrected chi connectivity index (χ3v) is 6.11. The summed E-state index contributed by atoms with van der Waals surface area (Å²) >= 11 is 1.23. The van der Waals surface area contributed by atoms with Gasteiger partial charge in [0.25, 0.3) is 0 Å². The van der Waals surface area contributed by atoms with Crippen molar-refractivity contribution in [2.45, 2.75) is 13.3 Å². The van der Waals surface area contributed by atoms with Gasteiger partial charge in [-0.15, -0.1) is 11.3 Å². The number of thiophene rings is 1. The Morgan fingerprint density at radius 1 is 0.824 bits per heavy atom. The molecule has 2 aromatic carbocycles. The van der Waals surface area contributed by atoms with Gasteiger partial charge < -0.3 is 29.0 Å². The summed E-state index contributed by atoms with van der Waals surface area (Å²) in [5.41, 5.74) is 1.94. The van der Waals surface area contributed by atoms with E-state index in [-0.39, 0.29) is 18.9 Å². The number of carbonyl (C=O) groups excluding carboxylic acids is 2. The van der Waals surface area contributed by atoms with E-state index in [1.807, 2.05) is 12.1 Å². The Bertz CT molecular complexity index is 1170. The number of hydrogen-bond acceptors (Lipinski definition) is 8. The summed E-state index contributed by atoms with van der Waals surface area (Å²) in [5, 5.41) is 2.85. The third kappa shape index (κ3) is 5.60. The van der Waals surface area contributed by atoms with E-state index in [1.54, 1.807) is 58.6 Å². The highest BCUT2D eigenvalue weighted by Crippen LogP contribution is 2.39. The molecular formula is C25H27NO7S. The number of nitrogens with one attached hydrogen (secondary N) is 1. The SMILES string of the molecule is CCOC(=O)c1sc(-c2ccc(OC)c(OC)c2)cc1NC(=O)Cc1ccc(OC)c(OC)c1. The minimum absolute atomic E-state index is 0.0875. The molecule has 8 nitrogen and oxygen atoms in total. The van der Waals surface area contributed by atoms with Crippen molar-refractivity contribution in [3.63, 3.8) is 0 Å². The molecule has 9 heteroatoms. The van der Waals surface area contributed by atoms with Gasteiger partial charge in [0.15, 0.2) is 23.0 Å². The topological polar surface area (TPSA) is 92.3 Å². The zero-order valence-electron chi connectivity index (χ0n) is 19.7. The Balaban J connectivity index is 1.89. The van der Waals surface area contributed by atoms with E-state index in [4.69, 9.17) is 23.7 Å². The number of methoxy groups -OCH3 is 4. The number of anilines is 1. The van der Waals surface area contributed by atoms with E-state index in [0.717, 1.165) is 16.0 Å². The molecule has 3 aromatic rings. The van der Waals surface area contributed by atoms with Crippen LogP contribution in [0.15, 0.2) is 42.5 Å². The van der Waals surface area contributed by atoms with Crippen LogP contribution in [0, 0.1) is 0 Å². The number of esters is 1. The predicted octanol–water partition coefficient (Wildman–Crippen LogP) is 4.81. The van der Waals surface area contributed by atoms with Crippen LogP contribution in [-0.4, -0.2) is 46.9 Å². The van der Waals surface area contributed by atoms with E-state index in [2.05, 4.69) is 5.32 Å². The van der Waals surface area contributed by atoms with Crippen molar-refractivity contribution in [3.8, 4) is 33.4 Å². The van der Waals surface area contributed by atoms with Crippen molar-refractivity contribution in [1.82, 2.24) is 0 Å². The molecule has 0 saturated heterocycles. The first-order valence-electron chi connectivity index (χ1n) is 10.5. The average Bonchev–Trinajstić information content (AvgIpc) is 3.27. The van der Waals surface area contributed by atoms with Crippen LogP contribution < -0.4 is 24.3 Å². The van der Waals surface area contributed by atoms with Gasteiger partial charge >= 0.3 is 5.97 Å².